The number of hydrogen-bond acceptors (Lipinski definition) is 2. The van der Waals surface area contributed by atoms with Gasteiger partial charge in [-0.3, -0.25) is 9.48 Å². The van der Waals surface area contributed by atoms with Crippen LogP contribution >= 0.6 is 0 Å². The molecular weight excluding hydrogens is 274 g/mol. The summed E-state index contributed by atoms with van der Waals surface area (Å²) in [4.78, 5) is 12.4. The number of hydrogen-bond donors (Lipinski definition) is 1. The largest absolute Gasteiger partial charge is 0.355 e. The summed E-state index contributed by atoms with van der Waals surface area (Å²) < 4.78 is 1.90. The number of aryl methyl sites for hydroxylation is 2. The molecule has 1 amide bonds. The minimum atomic E-state index is 0.0848. The highest BCUT2D eigenvalue weighted by atomic mass is 16.2. The van der Waals surface area contributed by atoms with Crippen molar-refractivity contribution < 1.29 is 4.79 Å². The van der Waals surface area contributed by atoms with Crippen molar-refractivity contribution in [2.24, 2.45) is 24.3 Å². The second-order valence-corrected chi connectivity index (χ2v) is 7.38. The third kappa shape index (κ3) is 3.11. The normalized spacial score (nSPS) is 22.3. The van der Waals surface area contributed by atoms with Crippen LogP contribution in [0.3, 0.4) is 0 Å². The number of nitrogens with one attached hydrogen (secondary N) is 1. The first-order valence-corrected chi connectivity index (χ1v) is 8.08. The van der Waals surface area contributed by atoms with Gasteiger partial charge in [-0.2, -0.15) is 5.10 Å². The Morgan fingerprint density at radius 3 is 2.50 bits per heavy atom. The molecule has 2 atom stereocenters. The standard InChI is InChI=1S/C18H29N3O/c1-11(2)10-15-16(18(15,5)6)17(22)19-9-8-14-12(3)20-21(7)13(14)4/h10,15-16H,8-9H2,1-7H3,(H,19,22)/t15-,16-/m1/s1. The van der Waals surface area contributed by atoms with Crippen LogP contribution in [0.4, 0.5) is 0 Å². The molecule has 1 aromatic rings. The Hall–Kier alpha value is -1.58. The van der Waals surface area contributed by atoms with Crippen LogP contribution in [0.1, 0.15) is 44.6 Å². The Morgan fingerprint density at radius 2 is 2.00 bits per heavy atom. The third-order valence-corrected chi connectivity index (χ3v) is 5.04. The molecule has 1 aromatic heterocycles. The fourth-order valence-corrected chi connectivity index (χ4v) is 3.45. The molecule has 0 bridgehead atoms. The van der Waals surface area contributed by atoms with Gasteiger partial charge in [0.25, 0.3) is 0 Å². The highest BCUT2D eigenvalue weighted by molar-refractivity contribution is 5.83. The molecule has 1 heterocycles. The summed E-state index contributed by atoms with van der Waals surface area (Å²) in [5, 5.41) is 7.53. The maximum Gasteiger partial charge on any atom is 0.224 e. The van der Waals surface area contributed by atoms with Crippen molar-refractivity contribution in [2.75, 3.05) is 6.54 Å². The molecule has 0 aromatic carbocycles. The van der Waals surface area contributed by atoms with Crippen molar-refractivity contribution in [3.8, 4) is 0 Å². The van der Waals surface area contributed by atoms with Crippen LogP contribution in [0.5, 0.6) is 0 Å². The number of carbonyl (C=O) groups is 1. The van der Waals surface area contributed by atoms with Gasteiger partial charge in [-0.1, -0.05) is 25.5 Å². The van der Waals surface area contributed by atoms with E-state index < -0.39 is 0 Å². The number of allylic oxidation sites excluding steroid dienone is 2. The molecule has 1 fully saturated rings. The molecular formula is C18H29N3O. The summed E-state index contributed by atoms with van der Waals surface area (Å²) in [5.74, 6) is 0.671. The molecule has 0 unspecified atom stereocenters. The second-order valence-electron chi connectivity index (χ2n) is 7.38. The average Bonchev–Trinajstić information content (AvgIpc) is 2.83. The van der Waals surface area contributed by atoms with Crippen LogP contribution in [-0.2, 0) is 18.3 Å². The molecule has 1 saturated carbocycles. The van der Waals surface area contributed by atoms with E-state index >= 15 is 0 Å². The first kappa shape index (κ1) is 16.8. The minimum absolute atomic E-state index is 0.0848. The van der Waals surface area contributed by atoms with Crippen LogP contribution in [0, 0.1) is 31.1 Å². The zero-order chi connectivity index (χ0) is 16.7. The van der Waals surface area contributed by atoms with Crippen molar-refractivity contribution in [1.29, 1.82) is 0 Å². The Labute approximate surface area is 134 Å². The molecule has 4 heteroatoms. The number of carbonyl (C=O) groups excluding carboxylic acids is 1. The van der Waals surface area contributed by atoms with E-state index in [4.69, 9.17) is 0 Å². The lowest BCUT2D eigenvalue weighted by Gasteiger charge is -2.07. The fourth-order valence-electron chi connectivity index (χ4n) is 3.45. The SMILES string of the molecule is CC(C)=C[C@@H]1[C@H](C(=O)NCCc2c(C)nn(C)c2C)C1(C)C. The van der Waals surface area contributed by atoms with E-state index in [2.05, 4.69) is 51.1 Å². The molecule has 4 nitrogen and oxygen atoms in total. The second kappa shape index (κ2) is 5.90. The highest BCUT2D eigenvalue weighted by Crippen LogP contribution is 2.59. The lowest BCUT2D eigenvalue weighted by Crippen LogP contribution is -2.29. The van der Waals surface area contributed by atoms with E-state index in [0.29, 0.717) is 12.5 Å². The van der Waals surface area contributed by atoms with Crippen LogP contribution in [0.15, 0.2) is 11.6 Å². The quantitative estimate of drug-likeness (QED) is 0.850. The van der Waals surface area contributed by atoms with E-state index in [9.17, 15) is 4.79 Å². The molecule has 1 aliphatic rings. The maximum atomic E-state index is 12.4. The van der Waals surface area contributed by atoms with Crippen molar-refractivity contribution in [3.05, 3.63) is 28.6 Å². The summed E-state index contributed by atoms with van der Waals surface area (Å²) >= 11 is 0. The monoisotopic (exact) mass is 303 g/mol. The number of amides is 1. The van der Waals surface area contributed by atoms with E-state index in [-0.39, 0.29) is 17.2 Å². The maximum absolute atomic E-state index is 12.4. The number of rotatable bonds is 5. The van der Waals surface area contributed by atoms with Gasteiger partial charge in [-0.05, 0) is 51.0 Å². The molecule has 1 aliphatic carbocycles. The van der Waals surface area contributed by atoms with E-state index in [1.807, 2.05) is 18.7 Å². The summed E-state index contributed by atoms with van der Waals surface area (Å²) in [6.45, 7) is 13.3. The van der Waals surface area contributed by atoms with Gasteiger partial charge >= 0.3 is 0 Å². The van der Waals surface area contributed by atoms with Gasteiger partial charge in [0.05, 0.1) is 11.6 Å². The predicted octanol–water partition coefficient (Wildman–Crippen LogP) is 2.93. The Kier molecular flexibility index (Phi) is 4.50. The summed E-state index contributed by atoms with van der Waals surface area (Å²) in [6, 6.07) is 0. The van der Waals surface area contributed by atoms with Gasteiger partial charge in [0.15, 0.2) is 0 Å². The predicted molar refractivity (Wildman–Crippen MR) is 89.6 cm³/mol. The number of aromatic nitrogens is 2. The molecule has 0 aliphatic heterocycles. The molecule has 1 N–H and O–H groups in total. The third-order valence-electron chi connectivity index (χ3n) is 5.04. The first-order valence-electron chi connectivity index (χ1n) is 8.08. The topological polar surface area (TPSA) is 46.9 Å². The zero-order valence-electron chi connectivity index (χ0n) is 14.9. The van der Waals surface area contributed by atoms with Gasteiger partial charge in [0.2, 0.25) is 5.91 Å². The van der Waals surface area contributed by atoms with Crippen molar-refractivity contribution in [1.82, 2.24) is 15.1 Å². The van der Waals surface area contributed by atoms with Crippen molar-refractivity contribution in [2.45, 2.75) is 48.0 Å². The van der Waals surface area contributed by atoms with E-state index in [1.54, 1.807) is 0 Å². The molecule has 122 valence electrons. The van der Waals surface area contributed by atoms with Gasteiger partial charge in [0, 0.05) is 19.3 Å². The zero-order valence-corrected chi connectivity index (χ0v) is 14.9. The Morgan fingerprint density at radius 1 is 1.36 bits per heavy atom. The smallest absolute Gasteiger partial charge is 0.224 e. The van der Waals surface area contributed by atoms with E-state index in [1.165, 1.54) is 16.8 Å². The lowest BCUT2D eigenvalue weighted by atomic mass is 10.1. The first-order chi connectivity index (χ1) is 10.2. The summed E-state index contributed by atoms with van der Waals surface area (Å²) in [6.07, 6.45) is 3.08. The molecule has 0 radical (unpaired) electrons. The molecule has 0 spiro atoms. The minimum Gasteiger partial charge on any atom is -0.355 e. The summed E-state index contributed by atoms with van der Waals surface area (Å²) in [5.41, 5.74) is 4.86. The van der Waals surface area contributed by atoms with Crippen LogP contribution in [0.2, 0.25) is 0 Å². The van der Waals surface area contributed by atoms with Gasteiger partial charge in [-0.25, -0.2) is 0 Å². The highest BCUT2D eigenvalue weighted by Gasteiger charge is 2.60. The van der Waals surface area contributed by atoms with Gasteiger partial charge in [0.1, 0.15) is 0 Å². The van der Waals surface area contributed by atoms with Crippen LogP contribution < -0.4 is 5.32 Å². The fraction of sp³-hybridized carbons (Fsp3) is 0.667. The van der Waals surface area contributed by atoms with Crippen molar-refractivity contribution >= 4 is 5.91 Å². The van der Waals surface area contributed by atoms with Crippen molar-refractivity contribution in [3.63, 3.8) is 0 Å². The Bertz CT molecular complexity index is 606. The summed E-state index contributed by atoms with van der Waals surface area (Å²) in [7, 11) is 1.96. The molecule has 22 heavy (non-hydrogen) atoms. The molecule has 0 saturated heterocycles. The average molecular weight is 303 g/mol. The van der Waals surface area contributed by atoms with E-state index in [0.717, 1.165) is 12.1 Å². The van der Waals surface area contributed by atoms with Crippen LogP contribution in [0.25, 0.3) is 0 Å². The van der Waals surface area contributed by atoms with Gasteiger partial charge < -0.3 is 5.32 Å². The molecule has 2 rings (SSSR count). The Balaban J connectivity index is 1.90. The van der Waals surface area contributed by atoms with Crippen LogP contribution in [-0.4, -0.2) is 22.2 Å². The lowest BCUT2D eigenvalue weighted by molar-refractivity contribution is -0.123. The number of nitrogens with zero attached hydrogens (tertiary/aromatic N) is 2. The van der Waals surface area contributed by atoms with Gasteiger partial charge in [-0.15, -0.1) is 0 Å².